The summed E-state index contributed by atoms with van der Waals surface area (Å²) in [4.78, 5) is 57.9. The number of nitrogens with one attached hydrogen (secondary N) is 1. The Balaban J connectivity index is 1.29. The molecule has 2 aliphatic rings. The molecule has 10 nitrogen and oxygen atoms in total. The zero-order valence-corrected chi connectivity index (χ0v) is 24.2. The highest BCUT2D eigenvalue weighted by Gasteiger charge is 2.37. The summed E-state index contributed by atoms with van der Waals surface area (Å²) in [7, 11) is 0. The van der Waals surface area contributed by atoms with Crippen LogP contribution in [0.25, 0.3) is 22.3 Å². The number of rotatable bonds is 6. The third-order valence-electron chi connectivity index (χ3n) is 7.54. The van der Waals surface area contributed by atoms with E-state index < -0.39 is 35.7 Å². The lowest BCUT2D eigenvalue weighted by atomic mass is 10.0. The largest absolute Gasteiger partial charge is 0.456 e. The lowest BCUT2D eigenvalue weighted by Crippen LogP contribution is -2.48. The summed E-state index contributed by atoms with van der Waals surface area (Å²) in [6.45, 7) is 9.41. The van der Waals surface area contributed by atoms with Gasteiger partial charge in [-0.3, -0.25) is 19.3 Å². The first kappa shape index (κ1) is 28.3. The van der Waals surface area contributed by atoms with E-state index in [1.54, 1.807) is 32.3 Å². The molecule has 0 saturated carbocycles. The van der Waals surface area contributed by atoms with E-state index in [1.165, 1.54) is 4.90 Å². The molecule has 1 N–H and O–H groups in total. The normalized spacial score (nSPS) is 16.7. The average molecular weight is 561 g/mol. The van der Waals surface area contributed by atoms with Crippen LogP contribution in [0, 0.1) is 6.92 Å². The predicted octanol–water partition coefficient (Wildman–Crippen LogP) is 4.24. The van der Waals surface area contributed by atoms with Gasteiger partial charge in [0.2, 0.25) is 5.91 Å². The maximum atomic E-state index is 13.4. The molecule has 0 unspecified atom stereocenters. The lowest BCUT2D eigenvalue weighted by Gasteiger charge is -2.28. The molecule has 2 aliphatic heterocycles. The number of amides is 2. The summed E-state index contributed by atoms with van der Waals surface area (Å²) < 4.78 is 12.9. The molecule has 2 atom stereocenters. The van der Waals surface area contributed by atoms with Crippen LogP contribution in [0.5, 0.6) is 0 Å². The Kier molecular flexibility index (Phi) is 7.59. The first-order valence-electron chi connectivity index (χ1n) is 14.1. The molecule has 2 amide bonds. The molecule has 5 rings (SSSR count). The Labute approximate surface area is 238 Å². The molecule has 41 heavy (non-hydrogen) atoms. The van der Waals surface area contributed by atoms with Gasteiger partial charge in [-0.15, -0.1) is 0 Å². The summed E-state index contributed by atoms with van der Waals surface area (Å²) >= 11 is 0. The maximum Gasteiger partial charge on any atom is 0.410 e. The van der Waals surface area contributed by atoms with Gasteiger partial charge in [0.1, 0.15) is 24.3 Å². The molecule has 3 aromatic rings. The number of carbonyl (C=O) groups is 3. The first-order valence-corrected chi connectivity index (χ1v) is 14.1. The number of hydrogen-bond donors (Lipinski definition) is 1. The van der Waals surface area contributed by atoms with E-state index in [1.807, 2.05) is 37.3 Å². The van der Waals surface area contributed by atoms with E-state index >= 15 is 0 Å². The topological polar surface area (TPSA) is 120 Å². The van der Waals surface area contributed by atoms with Gasteiger partial charge in [-0.2, -0.15) is 0 Å². The Morgan fingerprint density at radius 2 is 1.93 bits per heavy atom. The molecule has 1 fully saturated rings. The first-order chi connectivity index (χ1) is 19.5. The van der Waals surface area contributed by atoms with Crippen molar-refractivity contribution in [3.05, 3.63) is 63.4 Å². The standard InChI is InChI=1S/C31H36N4O6/c1-6-25(40-26(36)16-32-28(37)23-12-9-13-34(23)30(39)41-31(3,4)5)21-15-24-27-20(17-35(24)29(38)18(21)2)14-19-10-7-8-11-22(19)33-27/h7-8,10-11,14-15,23,25H,6,9,12-13,16-17H2,1-5H3,(H,32,37)/t23-,25+/m0/s1. The summed E-state index contributed by atoms with van der Waals surface area (Å²) in [6, 6.07) is 11.1. The zero-order chi connectivity index (χ0) is 29.5. The van der Waals surface area contributed by atoms with Crippen molar-refractivity contribution >= 4 is 28.9 Å². The second-order valence-corrected chi connectivity index (χ2v) is 11.6. The van der Waals surface area contributed by atoms with Crippen molar-refractivity contribution < 1.29 is 23.9 Å². The monoisotopic (exact) mass is 560 g/mol. The molecule has 216 valence electrons. The van der Waals surface area contributed by atoms with Gasteiger partial charge in [0.05, 0.1) is 23.4 Å². The average Bonchev–Trinajstić information content (AvgIpc) is 3.56. The number of aromatic nitrogens is 2. The number of carbonyl (C=O) groups excluding carboxylic acids is 3. The number of benzene rings is 1. The maximum absolute atomic E-state index is 13.4. The van der Waals surface area contributed by atoms with Gasteiger partial charge < -0.3 is 19.4 Å². The molecule has 4 heterocycles. The molecular formula is C31H36N4O6. The van der Waals surface area contributed by atoms with E-state index in [-0.39, 0.29) is 12.1 Å². The Bertz CT molecular complexity index is 1590. The predicted molar refractivity (Wildman–Crippen MR) is 153 cm³/mol. The minimum absolute atomic E-state index is 0.147. The van der Waals surface area contributed by atoms with E-state index in [0.717, 1.165) is 22.2 Å². The fourth-order valence-corrected chi connectivity index (χ4v) is 5.55. The van der Waals surface area contributed by atoms with Gasteiger partial charge in [0.15, 0.2) is 0 Å². The fourth-order valence-electron chi connectivity index (χ4n) is 5.55. The van der Waals surface area contributed by atoms with E-state index in [2.05, 4.69) is 11.4 Å². The van der Waals surface area contributed by atoms with Crippen molar-refractivity contribution in [3.8, 4) is 11.4 Å². The molecular weight excluding hydrogens is 524 g/mol. The van der Waals surface area contributed by atoms with Crippen molar-refractivity contribution in [3.63, 3.8) is 0 Å². The van der Waals surface area contributed by atoms with Crippen LogP contribution >= 0.6 is 0 Å². The summed E-state index contributed by atoms with van der Waals surface area (Å²) in [6.07, 6.45) is 0.371. The van der Waals surface area contributed by atoms with Gasteiger partial charge in [-0.05, 0) is 65.2 Å². The third kappa shape index (κ3) is 5.68. The van der Waals surface area contributed by atoms with Crippen molar-refractivity contribution in [2.45, 2.75) is 78.2 Å². The van der Waals surface area contributed by atoms with Crippen LogP contribution < -0.4 is 10.9 Å². The molecule has 1 saturated heterocycles. The van der Waals surface area contributed by atoms with Gasteiger partial charge in [0, 0.05) is 28.6 Å². The quantitative estimate of drug-likeness (QED) is 0.350. The molecule has 0 bridgehead atoms. The number of hydrogen-bond acceptors (Lipinski definition) is 7. The zero-order valence-electron chi connectivity index (χ0n) is 24.2. The highest BCUT2D eigenvalue weighted by Crippen LogP contribution is 2.34. The smallest absolute Gasteiger partial charge is 0.410 e. The molecule has 0 aliphatic carbocycles. The van der Waals surface area contributed by atoms with Crippen molar-refractivity contribution in [2.75, 3.05) is 13.1 Å². The van der Waals surface area contributed by atoms with Gasteiger partial charge in [0.25, 0.3) is 5.56 Å². The van der Waals surface area contributed by atoms with Gasteiger partial charge in [-0.25, -0.2) is 9.78 Å². The van der Waals surface area contributed by atoms with Crippen LogP contribution in [0.4, 0.5) is 4.79 Å². The van der Waals surface area contributed by atoms with Crippen molar-refractivity contribution in [1.82, 2.24) is 19.8 Å². The molecule has 2 aromatic heterocycles. The van der Waals surface area contributed by atoms with Crippen molar-refractivity contribution in [1.29, 1.82) is 0 Å². The number of likely N-dealkylation sites (tertiary alicyclic amines) is 1. The number of para-hydroxylation sites is 1. The van der Waals surface area contributed by atoms with E-state index in [0.29, 0.717) is 49.2 Å². The van der Waals surface area contributed by atoms with Crippen LogP contribution in [0.3, 0.4) is 0 Å². The third-order valence-corrected chi connectivity index (χ3v) is 7.54. The number of pyridine rings is 2. The van der Waals surface area contributed by atoms with Crippen LogP contribution in [-0.4, -0.2) is 57.2 Å². The van der Waals surface area contributed by atoms with E-state index in [4.69, 9.17) is 14.5 Å². The van der Waals surface area contributed by atoms with E-state index in [9.17, 15) is 19.2 Å². The highest BCUT2D eigenvalue weighted by molar-refractivity contribution is 5.89. The number of nitrogens with zero attached hydrogens (tertiary/aromatic N) is 3. The Morgan fingerprint density at radius 3 is 2.66 bits per heavy atom. The highest BCUT2D eigenvalue weighted by atomic mass is 16.6. The second-order valence-electron chi connectivity index (χ2n) is 11.6. The number of ether oxygens (including phenoxy) is 2. The van der Waals surface area contributed by atoms with Crippen LogP contribution in [0.2, 0.25) is 0 Å². The Hall–Kier alpha value is -4.21. The number of esters is 1. The minimum Gasteiger partial charge on any atom is -0.456 e. The number of fused-ring (bicyclic) bond motifs is 4. The van der Waals surface area contributed by atoms with Crippen molar-refractivity contribution in [2.24, 2.45) is 0 Å². The molecule has 10 heteroatoms. The van der Waals surface area contributed by atoms with Crippen LogP contribution in [0.15, 0.2) is 41.2 Å². The van der Waals surface area contributed by atoms with Crippen LogP contribution in [-0.2, 0) is 25.6 Å². The van der Waals surface area contributed by atoms with Crippen LogP contribution in [0.1, 0.15) is 69.8 Å². The van der Waals surface area contributed by atoms with Gasteiger partial charge in [-0.1, -0.05) is 25.1 Å². The Morgan fingerprint density at radius 1 is 1.17 bits per heavy atom. The summed E-state index contributed by atoms with van der Waals surface area (Å²) in [5.74, 6) is -1.06. The lowest BCUT2D eigenvalue weighted by molar-refractivity contribution is -0.149. The summed E-state index contributed by atoms with van der Waals surface area (Å²) in [5.41, 5.74) is 3.57. The SMILES string of the molecule is CC[C@@H](OC(=O)CNC(=O)[C@@H]1CCCN1C(=O)OC(C)(C)C)c1cc2n(c(=O)c1C)Cc1cc3ccccc3nc1-2. The second kappa shape index (κ2) is 11.0. The minimum atomic E-state index is -0.706. The molecule has 0 spiro atoms. The molecule has 1 aromatic carbocycles. The van der Waals surface area contributed by atoms with Gasteiger partial charge >= 0.3 is 12.1 Å². The summed E-state index contributed by atoms with van der Waals surface area (Å²) in [5, 5.41) is 3.62. The molecule has 0 radical (unpaired) electrons. The fraction of sp³-hybridized carbons (Fsp3) is 0.452.